The molecule has 168 valence electrons. The van der Waals surface area contributed by atoms with Gasteiger partial charge in [-0.2, -0.15) is 0 Å². The van der Waals surface area contributed by atoms with Gasteiger partial charge >= 0.3 is 0 Å². The van der Waals surface area contributed by atoms with Crippen LogP contribution in [0.15, 0.2) is 0 Å². The SMILES string of the molecule is CC(=O)NC1[C@H](O[C@@H]2C(NC(C)=O)[C@@H](O)O[C@H](CO)[C@@H]2O)O[C@H](CO)[C@@H](O)[C@@H]1O. The maximum absolute atomic E-state index is 11.5. The average molecular weight is 424 g/mol. The molecule has 0 bridgehead atoms. The zero-order valence-electron chi connectivity index (χ0n) is 15.9. The molecule has 2 aliphatic heterocycles. The van der Waals surface area contributed by atoms with E-state index in [-0.39, 0.29) is 0 Å². The van der Waals surface area contributed by atoms with Crippen molar-refractivity contribution in [3.8, 4) is 0 Å². The molecule has 8 N–H and O–H groups in total. The molecule has 0 spiro atoms. The molecule has 0 saturated carbocycles. The average Bonchev–Trinajstić information content (AvgIpc) is 2.65. The van der Waals surface area contributed by atoms with Crippen molar-refractivity contribution in [2.24, 2.45) is 0 Å². The van der Waals surface area contributed by atoms with Crippen LogP contribution in [0.2, 0.25) is 0 Å². The second kappa shape index (κ2) is 10.1. The number of amides is 2. The van der Waals surface area contributed by atoms with E-state index in [0.29, 0.717) is 0 Å². The zero-order chi connectivity index (χ0) is 21.9. The molecule has 2 amide bonds. The molecule has 0 aromatic carbocycles. The molecule has 13 heteroatoms. The molecule has 2 aliphatic rings. The van der Waals surface area contributed by atoms with Crippen molar-refractivity contribution < 1.29 is 54.4 Å². The summed E-state index contributed by atoms with van der Waals surface area (Å²) in [4.78, 5) is 23.0. The first-order chi connectivity index (χ1) is 13.6. The van der Waals surface area contributed by atoms with Crippen LogP contribution < -0.4 is 10.6 Å². The molecular weight excluding hydrogens is 396 g/mol. The highest BCUT2D eigenvalue weighted by Gasteiger charge is 2.51. The van der Waals surface area contributed by atoms with Crippen LogP contribution in [0.3, 0.4) is 0 Å². The normalized spacial score (nSPS) is 42.9. The summed E-state index contributed by atoms with van der Waals surface area (Å²) >= 11 is 0. The van der Waals surface area contributed by atoms with Gasteiger partial charge in [0.15, 0.2) is 12.6 Å². The number of nitrogens with one attached hydrogen (secondary N) is 2. The van der Waals surface area contributed by atoms with Crippen LogP contribution in [0.5, 0.6) is 0 Å². The Kier molecular flexibility index (Phi) is 8.28. The molecular formula is C16H28N2O11. The number of hydrogen-bond donors (Lipinski definition) is 8. The minimum absolute atomic E-state index is 0.576. The summed E-state index contributed by atoms with van der Waals surface area (Å²) in [5, 5.41) is 64.5. The van der Waals surface area contributed by atoms with E-state index in [1.807, 2.05) is 0 Å². The summed E-state index contributed by atoms with van der Waals surface area (Å²) in [6, 6.07) is -2.59. The van der Waals surface area contributed by atoms with E-state index in [0.717, 1.165) is 13.8 Å². The molecule has 0 aromatic rings. The maximum atomic E-state index is 11.5. The second-order valence-electron chi connectivity index (χ2n) is 7.00. The van der Waals surface area contributed by atoms with Crippen molar-refractivity contribution in [1.29, 1.82) is 0 Å². The fourth-order valence-corrected chi connectivity index (χ4v) is 3.38. The Hall–Kier alpha value is -1.42. The molecule has 10 atom stereocenters. The Morgan fingerprint density at radius 2 is 1.34 bits per heavy atom. The van der Waals surface area contributed by atoms with Gasteiger partial charge in [0.25, 0.3) is 0 Å². The monoisotopic (exact) mass is 424 g/mol. The number of hydrogen-bond acceptors (Lipinski definition) is 11. The summed E-state index contributed by atoms with van der Waals surface area (Å²) in [5.74, 6) is -1.16. The van der Waals surface area contributed by atoms with Crippen LogP contribution in [0, 0.1) is 0 Å². The van der Waals surface area contributed by atoms with Gasteiger partial charge in [0.05, 0.1) is 13.2 Å². The number of carbonyl (C=O) groups excluding carboxylic acids is 2. The summed E-state index contributed by atoms with van der Waals surface area (Å²) < 4.78 is 16.2. The van der Waals surface area contributed by atoms with Crippen LogP contribution >= 0.6 is 0 Å². The molecule has 2 unspecified atom stereocenters. The molecule has 29 heavy (non-hydrogen) atoms. The zero-order valence-corrected chi connectivity index (χ0v) is 15.9. The Labute approximate surface area is 166 Å². The van der Waals surface area contributed by atoms with Crippen molar-refractivity contribution in [3.63, 3.8) is 0 Å². The highest BCUT2D eigenvalue weighted by molar-refractivity contribution is 5.73. The predicted octanol–water partition coefficient (Wildman–Crippen LogP) is -5.11. The summed E-state index contributed by atoms with van der Waals surface area (Å²) in [7, 11) is 0. The van der Waals surface area contributed by atoms with E-state index in [1.54, 1.807) is 0 Å². The van der Waals surface area contributed by atoms with E-state index < -0.39 is 86.3 Å². The summed E-state index contributed by atoms with van der Waals surface area (Å²) in [5.41, 5.74) is 0. The van der Waals surface area contributed by atoms with Crippen LogP contribution in [0.1, 0.15) is 13.8 Å². The Morgan fingerprint density at radius 3 is 1.86 bits per heavy atom. The van der Waals surface area contributed by atoms with E-state index in [2.05, 4.69) is 10.6 Å². The maximum Gasteiger partial charge on any atom is 0.217 e. The van der Waals surface area contributed by atoms with Gasteiger partial charge in [0, 0.05) is 13.8 Å². The second-order valence-corrected chi connectivity index (χ2v) is 7.00. The number of aliphatic hydroxyl groups excluding tert-OH is 6. The highest BCUT2D eigenvalue weighted by Crippen LogP contribution is 2.28. The number of rotatable bonds is 6. The lowest BCUT2D eigenvalue weighted by Gasteiger charge is -2.47. The Balaban J connectivity index is 2.31. The fraction of sp³-hybridized carbons (Fsp3) is 0.875. The topological polar surface area (TPSA) is 207 Å². The molecule has 13 nitrogen and oxygen atoms in total. The van der Waals surface area contributed by atoms with Gasteiger partial charge in [-0.25, -0.2) is 0 Å². The van der Waals surface area contributed by atoms with Gasteiger partial charge in [-0.3, -0.25) is 9.59 Å². The van der Waals surface area contributed by atoms with E-state index in [9.17, 15) is 40.2 Å². The lowest BCUT2D eigenvalue weighted by Crippen LogP contribution is -2.69. The van der Waals surface area contributed by atoms with E-state index in [1.165, 1.54) is 0 Å². The van der Waals surface area contributed by atoms with Gasteiger partial charge in [0.1, 0.15) is 48.7 Å². The highest BCUT2D eigenvalue weighted by atomic mass is 16.7. The van der Waals surface area contributed by atoms with Crippen molar-refractivity contribution >= 4 is 11.8 Å². The van der Waals surface area contributed by atoms with E-state index >= 15 is 0 Å². The first-order valence-corrected chi connectivity index (χ1v) is 9.05. The molecule has 2 rings (SSSR count). The fourth-order valence-electron chi connectivity index (χ4n) is 3.38. The molecule has 0 aliphatic carbocycles. The minimum Gasteiger partial charge on any atom is -0.394 e. The van der Waals surface area contributed by atoms with Crippen molar-refractivity contribution in [1.82, 2.24) is 10.6 Å². The van der Waals surface area contributed by atoms with Crippen molar-refractivity contribution in [2.75, 3.05) is 13.2 Å². The van der Waals surface area contributed by atoms with Crippen LogP contribution in [-0.4, -0.2) is 117 Å². The molecule has 0 aromatic heterocycles. The standard InChI is InChI=1S/C16H28N2O11/c1-5(21)17-9-13(25)11(23)7(3-19)28-16(9)29-14-10(18-6(2)22)15(26)27-8(4-20)12(14)24/h7-16,19-20,23-26H,3-4H2,1-2H3,(H,17,21)(H,18,22)/t7-,8-,9?,10?,11-,12+,13-,14-,15+,16+/m1/s1. The van der Waals surface area contributed by atoms with Crippen LogP contribution in [0.25, 0.3) is 0 Å². The largest absolute Gasteiger partial charge is 0.394 e. The molecule has 2 fully saturated rings. The lowest BCUT2D eigenvalue weighted by atomic mass is 9.94. The number of ether oxygens (including phenoxy) is 3. The molecule has 2 heterocycles. The van der Waals surface area contributed by atoms with Gasteiger partial charge in [-0.15, -0.1) is 0 Å². The van der Waals surface area contributed by atoms with Crippen molar-refractivity contribution in [2.45, 2.75) is 75.1 Å². The van der Waals surface area contributed by atoms with Gasteiger partial charge in [0.2, 0.25) is 11.8 Å². The summed E-state index contributed by atoms with van der Waals surface area (Å²) in [6.45, 7) is 0.959. The lowest BCUT2D eigenvalue weighted by molar-refractivity contribution is -0.323. The van der Waals surface area contributed by atoms with Crippen LogP contribution in [0.4, 0.5) is 0 Å². The third kappa shape index (κ3) is 5.39. The van der Waals surface area contributed by atoms with Gasteiger partial charge < -0.3 is 55.5 Å². The third-order valence-corrected chi connectivity index (χ3v) is 4.78. The Morgan fingerprint density at radius 1 is 0.828 bits per heavy atom. The van der Waals surface area contributed by atoms with Gasteiger partial charge in [-0.1, -0.05) is 0 Å². The number of aliphatic hydroxyl groups is 6. The summed E-state index contributed by atoms with van der Waals surface area (Å²) in [6.07, 6.45) is -11.8. The molecule has 2 saturated heterocycles. The minimum atomic E-state index is -1.66. The van der Waals surface area contributed by atoms with E-state index in [4.69, 9.17) is 14.2 Å². The third-order valence-electron chi connectivity index (χ3n) is 4.78. The first kappa shape index (κ1) is 23.9. The smallest absolute Gasteiger partial charge is 0.217 e. The Bertz CT molecular complexity index is 579. The first-order valence-electron chi connectivity index (χ1n) is 9.05. The van der Waals surface area contributed by atoms with Crippen molar-refractivity contribution in [3.05, 3.63) is 0 Å². The molecule has 0 radical (unpaired) electrons. The number of carbonyl (C=O) groups is 2. The predicted molar refractivity (Wildman–Crippen MR) is 91.8 cm³/mol. The quantitative estimate of drug-likeness (QED) is 0.202. The van der Waals surface area contributed by atoms with Gasteiger partial charge in [-0.05, 0) is 0 Å². The van der Waals surface area contributed by atoms with Crippen LogP contribution in [-0.2, 0) is 23.8 Å².